The van der Waals surface area contributed by atoms with Gasteiger partial charge in [-0.3, -0.25) is 4.79 Å². The van der Waals surface area contributed by atoms with Crippen LogP contribution in [0.25, 0.3) is 0 Å². The Bertz CT molecular complexity index is 281. The number of carbonyl (C=O) groups is 1. The van der Waals surface area contributed by atoms with Crippen LogP contribution in [0, 0.1) is 11.3 Å². The molecule has 4 heteroatoms. The molecule has 0 bridgehead atoms. The van der Waals surface area contributed by atoms with E-state index in [4.69, 9.17) is 5.11 Å². The van der Waals surface area contributed by atoms with Crippen molar-refractivity contribution >= 4 is 5.97 Å². The van der Waals surface area contributed by atoms with E-state index in [1.54, 1.807) is 0 Å². The lowest BCUT2D eigenvalue weighted by atomic mass is 9.96. The van der Waals surface area contributed by atoms with Crippen LogP contribution in [0.5, 0.6) is 0 Å². The van der Waals surface area contributed by atoms with Gasteiger partial charge in [-0.15, -0.1) is 0 Å². The van der Waals surface area contributed by atoms with Crippen LogP contribution in [0.3, 0.4) is 0 Å². The molecule has 17 heavy (non-hydrogen) atoms. The summed E-state index contributed by atoms with van der Waals surface area (Å²) in [7, 11) is 4.24. The van der Waals surface area contributed by atoms with Crippen molar-refractivity contribution in [2.75, 3.05) is 40.3 Å². The van der Waals surface area contributed by atoms with Gasteiger partial charge in [-0.25, -0.2) is 0 Å². The smallest absolute Gasteiger partial charge is 0.310 e. The first kappa shape index (κ1) is 12.8. The molecule has 1 N–H and O–H groups in total. The largest absolute Gasteiger partial charge is 0.481 e. The van der Waals surface area contributed by atoms with Crippen LogP contribution in [-0.4, -0.2) is 61.2 Å². The number of likely N-dealkylation sites (tertiary alicyclic amines) is 1. The second-order valence-electron chi connectivity index (χ2n) is 6.03. The SMILES string of the molecule is CN1CCC(CN(C)CC2(C(=O)O)CC2)CC1. The molecule has 98 valence electrons. The molecule has 4 nitrogen and oxygen atoms in total. The first-order valence-electron chi connectivity index (χ1n) is 6.62. The molecule has 0 aromatic carbocycles. The van der Waals surface area contributed by atoms with Crippen molar-refractivity contribution < 1.29 is 9.90 Å². The van der Waals surface area contributed by atoms with Crippen molar-refractivity contribution in [1.29, 1.82) is 0 Å². The lowest BCUT2D eigenvalue weighted by molar-refractivity contribution is -0.144. The molecule has 0 spiro atoms. The second kappa shape index (κ2) is 4.94. The normalized spacial score (nSPS) is 25.1. The van der Waals surface area contributed by atoms with Crippen molar-refractivity contribution in [2.24, 2.45) is 11.3 Å². The number of carboxylic acids is 1. The predicted molar refractivity (Wildman–Crippen MR) is 67.0 cm³/mol. The summed E-state index contributed by atoms with van der Waals surface area (Å²) < 4.78 is 0. The molecule has 0 atom stereocenters. The molecule has 1 saturated heterocycles. The maximum atomic E-state index is 11.1. The van der Waals surface area contributed by atoms with Crippen molar-refractivity contribution in [3.8, 4) is 0 Å². The van der Waals surface area contributed by atoms with Crippen LogP contribution < -0.4 is 0 Å². The summed E-state index contributed by atoms with van der Waals surface area (Å²) in [4.78, 5) is 15.7. The van der Waals surface area contributed by atoms with E-state index >= 15 is 0 Å². The van der Waals surface area contributed by atoms with Crippen LogP contribution in [0.1, 0.15) is 25.7 Å². The highest BCUT2D eigenvalue weighted by molar-refractivity contribution is 5.78. The van der Waals surface area contributed by atoms with Crippen LogP contribution in [0.2, 0.25) is 0 Å². The molecular formula is C13H24N2O2. The number of aliphatic carboxylic acids is 1. The Morgan fingerprint density at radius 1 is 1.41 bits per heavy atom. The molecular weight excluding hydrogens is 216 g/mol. The molecule has 0 amide bonds. The zero-order valence-corrected chi connectivity index (χ0v) is 11.0. The van der Waals surface area contributed by atoms with Crippen LogP contribution >= 0.6 is 0 Å². The Labute approximate surface area is 104 Å². The van der Waals surface area contributed by atoms with E-state index in [9.17, 15) is 4.79 Å². The van der Waals surface area contributed by atoms with Gasteiger partial charge in [0.15, 0.2) is 0 Å². The second-order valence-corrected chi connectivity index (χ2v) is 6.03. The van der Waals surface area contributed by atoms with Crippen molar-refractivity contribution in [3.63, 3.8) is 0 Å². The number of piperidine rings is 1. The summed E-state index contributed by atoms with van der Waals surface area (Å²) in [5.41, 5.74) is -0.403. The maximum absolute atomic E-state index is 11.1. The van der Waals surface area contributed by atoms with Gasteiger partial charge in [0.25, 0.3) is 0 Å². The quantitative estimate of drug-likeness (QED) is 0.782. The number of hydrogen-bond acceptors (Lipinski definition) is 3. The molecule has 1 aliphatic carbocycles. The number of nitrogens with zero attached hydrogens (tertiary/aromatic N) is 2. The molecule has 2 fully saturated rings. The van der Waals surface area contributed by atoms with Gasteiger partial charge < -0.3 is 14.9 Å². The van der Waals surface area contributed by atoms with Crippen molar-refractivity contribution in [3.05, 3.63) is 0 Å². The summed E-state index contributed by atoms with van der Waals surface area (Å²) in [6.45, 7) is 4.16. The van der Waals surface area contributed by atoms with Gasteiger partial charge in [-0.1, -0.05) is 0 Å². The first-order chi connectivity index (χ1) is 8.02. The highest BCUT2D eigenvalue weighted by Gasteiger charge is 2.50. The standard InChI is InChI=1S/C13H24N2O2/c1-14-7-3-11(4-8-14)9-15(2)10-13(5-6-13)12(16)17/h11H,3-10H2,1-2H3,(H,16,17). The summed E-state index contributed by atoms with van der Waals surface area (Å²) in [6, 6.07) is 0. The van der Waals surface area contributed by atoms with Gasteiger partial charge in [0, 0.05) is 13.1 Å². The van der Waals surface area contributed by atoms with Gasteiger partial charge in [-0.2, -0.15) is 0 Å². The maximum Gasteiger partial charge on any atom is 0.310 e. The van der Waals surface area contributed by atoms with Gasteiger partial charge in [0.05, 0.1) is 5.41 Å². The van der Waals surface area contributed by atoms with Gasteiger partial charge in [0.1, 0.15) is 0 Å². The number of rotatable bonds is 5. The van der Waals surface area contributed by atoms with Gasteiger partial charge >= 0.3 is 5.97 Å². The molecule has 0 aromatic heterocycles. The summed E-state index contributed by atoms with van der Waals surface area (Å²) in [5, 5.41) is 9.16. The minimum atomic E-state index is -0.604. The molecule has 2 rings (SSSR count). The first-order valence-corrected chi connectivity index (χ1v) is 6.62. The van der Waals surface area contributed by atoms with Crippen LogP contribution in [0.15, 0.2) is 0 Å². The molecule has 1 aliphatic heterocycles. The summed E-state index contributed by atoms with van der Waals surface area (Å²) >= 11 is 0. The predicted octanol–water partition coefficient (Wildman–Crippen LogP) is 1.12. The Hall–Kier alpha value is -0.610. The average molecular weight is 240 g/mol. The molecule has 0 radical (unpaired) electrons. The van der Waals surface area contributed by atoms with Crippen LogP contribution in [-0.2, 0) is 4.79 Å². The molecule has 0 unspecified atom stereocenters. The van der Waals surface area contributed by atoms with E-state index in [1.807, 2.05) is 0 Å². The van der Waals surface area contributed by atoms with Gasteiger partial charge in [-0.05, 0) is 58.8 Å². The Morgan fingerprint density at radius 2 is 2.00 bits per heavy atom. The van der Waals surface area contributed by atoms with Crippen molar-refractivity contribution in [1.82, 2.24) is 9.80 Å². The molecule has 2 aliphatic rings. The highest BCUT2D eigenvalue weighted by atomic mass is 16.4. The molecule has 1 heterocycles. The van der Waals surface area contributed by atoms with Gasteiger partial charge in [0.2, 0.25) is 0 Å². The van der Waals surface area contributed by atoms with E-state index in [-0.39, 0.29) is 0 Å². The molecule has 1 saturated carbocycles. The number of hydrogen-bond donors (Lipinski definition) is 1. The monoisotopic (exact) mass is 240 g/mol. The Balaban J connectivity index is 1.74. The third-order valence-corrected chi connectivity index (χ3v) is 4.29. The summed E-state index contributed by atoms with van der Waals surface area (Å²) in [5.74, 6) is 0.147. The topological polar surface area (TPSA) is 43.8 Å². The van der Waals surface area contributed by atoms with E-state index in [1.165, 1.54) is 25.9 Å². The van der Waals surface area contributed by atoms with E-state index in [0.717, 1.165) is 31.8 Å². The molecule has 0 aromatic rings. The summed E-state index contributed by atoms with van der Waals surface area (Å²) in [6.07, 6.45) is 4.22. The van der Waals surface area contributed by atoms with Crippen molar-refractivity contribution in [2.45, 2.75) is 25.7 Å². The highest BCUT2D eigenvalue weighted by Crippen LogP contribution is 2.46. The average Bonchev–Trinajstić information content (AvgIpc) is 3.02. The zero-order valence-electron chi connectivity index (χ0n) is 11.0. The number of carboxylic acid groups (broad SMARTS) is 1. The van der Waals surface area contributed by atoms with Crippen LogP contribution in [0.4, 0.5) is 0 Å². The lowest BCUT2D eigenvalue weighted by Crippen LogP contribution is -2.39. The third kappa shape index (κ3) is 3.19. The van der Waals surface area contributed by atoms with E-state index in [0.29, 0.717) is 0 Å². The fraction of sp³-hybridized carbons (Fsp3) is 0.923. The lowest BCUT2D eigenvalue weighted by Gasteiger charge is -2.32. The minimum absolute atomic E-state index is 0.403. The Kier molecular flexibility index (Phi) is 3.73. The zero-order chi connectivity index (χ0) is 12.5. The third-order valence-electron chi connectivity index (χ3n) is 4.29. The Morgan fingerprint density at radius 3 is 2.47 bits per heavy atom. The fourth-order valence-corrected chi connectivity index (χ4v) is 2.86. The minimum Gasteiger partial charge on any atom is -0.481 e. The van der Waals surface area contributed by atoms with E-state index < -0.39 is 11.4 Å². The fourth-order valence-electron chi connectivity index (χ4n) is 2.86. The van der Waals surface area contributed by atoms with E-state index in [2.05, 4.69) is 23.9 Å².